The van der Waals surface area contributed by atoms with E-state index in [1.807, 2.05) is 6.08 Å². The van der Waals surface area contributed by atoms with Crippen LogP contribution in [0.1, 0.15) is 13.3 Å². The van der Waals surface area contributed by atoms with Gasteiger partial charge in [0.15, 0.2) is 0 Å². The average molecular weight is 349 g/mol. The number of allylic oxidation sites excluding steroid dienone is 1. The third-order valence-corrected chi connectivity index (χ3v) is 1.58. The second-order valence-electron chi connectivity index (χ2n) is 2.22. The Kier molecular flexibility index (Phi) is 19.0. The number of ether oxygens (including phenoxy) is 1. The maximum absolute atomic E-state index is 5.59. The van der Waals surface area contributed by atoms with Crippen LogP contribution >= 0.6 is 27.5 Å². The molecule has 0 aromatic carbocycles. The van der Waals surface area contributed by atoms with Crippen LogP contribution in [0.2, 0.25) is 0 Å². The standard InChI is InChI=1S/C7H12BrClO.CH3.Pd/c1-6(3-4-10-2)5-7(8)9;;/h5-6H,3-4H2,1-2H3;1H3;/q;-1;/b7-5-;;. The molecular weight excluding hydrogens is 334 g/mol. The number of methoxy groups -OCH3 is 1. The fourth-order valence-corrected chi connectivity index (χ4v) is 1.27. The van der Waals surface area contributed by atoms with E-state index in [9.17, 15) is 0 Å². The summed E-state index contributed by atoms with van der Waals surface area (Å²) in [6.45, 7) is 2.89. The van der Waals surface area contributed by atoms with Crippen LogP contribution in [0.25, 0.3) is 0 Å². The van der Waals surface area contributed by atoms with Crippen molar-refractivity contribution in [1.82, 2.24) is 0 Å². The van der Waals surface area contributed by atoms with Gasteiger partial charge in [0, 0.05) is 34.1 Å². The zero-order valence-corrected chi connectivity index (χ0v) is 11.4. The SMILES string of the molecule is COCCC(C)/C=C(\Cl)Br.[CH3-].[Pd]. The third kappa shape index (κ3) is 13.7. The molecule has 0 aromatic heterocycles. The van der Waals surface area contributed by atoms with E-state index < -0.39 is 0 Å². The molecule has 0 aromatic rings. The minimum absolute atomic E-state index is 0. The molecule has 1 unspecified atom stereocenters. The summed E-state index contributed by atoms with van der Waals surface area (Å²) in [5, 5.41) is 0. The van der Waals surface area contributed by atoms with Crippen molar-refractivity contribution in [2.75, 3.05) is 13.7 Å². The first-order valence-corrected chi connectivity index (χ1v) is 4.35. The number of hydrogen-bond donors (Lipinski definition) is 0. The predicted octanol–water partition coefficient (Wildman–Crippen LogP) is 3.58. The zero-order chi connectivity index (χ0) is 7.98. The fourth-order valence-electron chi connectivity index (χ4n) is 0.602. The van der Waals surface area contributed by atoms with Gasteiger partial charge in [-0.3, -0.25) is 0 Å². The molecule has 12 heavy (non-hydrogen) atoms. The van der Waals surface area contributed by atoms with Gasteiger partial charge in [0.25, 0.3) is 0 Å². The maximum Gasteiger partial charge on any atom is 0.0796 e. The summed E-state index contributed by atoms with van der Waals surface area (Å²) in [7, 11) is 1.70. The molecule has 0 radical (unpaired) electrons. The second kappa shape index (κ2) is 12.1. The fraction of sp³-hybridized carbons (Fsp3) is 0.625. The molecule has 0 aliphatic heterocycles. The molecule has 0 aliphatic rings. The molecule has 0 amide bonds. The summed E-state index contributed by atoms with van der Waals surface area (Å²) in [5.74, 6) is 0.479. The normalized spacial score (nSPS) is 12.8. The van der Waals surface area contributed by atoms with Crippen LogP contribution in [0, 0.1) is 13.3 Å². The summed E-state index contributed by atoms with van der Waals surface area (Å²) >= 11 is 8.74. The van der Waals surface area contributed by atoms with Crippen molar-refractivity contribution in [2.45, 2.75) is 13.3 Å². The smallest absolute Gasteiger partial charge is 0.0796 e. The van der Waals surface area contributed by atoms with Crippen LogP contribution in [0.15, 0.2) is 10.0 Å². The molecule has 0 heterocycles. The van der Waals surface area contributed by atoms with Crippen LogP contribution in [0.5, 0.6) is 0 Å². The first-order valence-electron chi connectivity index (χ1n) is 3.18. The van der Waals surface area contributed by atoms with Gasteiger partial charge in [-0.1, -0.05) is 24.6 Å². The average Bonchev–Trinajstić information content (AvgIpc) is 1.82. The van der Waals surface area contributed by atoms with Crippen molar-refractivity contribution in [2.24, 2.45) is 5.92 Å². The Morgan fingerprint density at radius 1 is 1.67 bits per heavy atom. The van der Waals surface area contributed by atoms with Crippen molar-refractivity contribution in [3.05, 3.63) is 17.4 Å². The first kappa shape index (κ1) is 18.8. The zero-order valence-electron chi connectivity index (χ0n) is 7.55. The molecule has 0 spiro atoms. The van der Waals surface area contributed by atoms with Gasteiger partial charge >= 0.3 is 0 Å². The number of halogens is 2. The van der Waals surface area contributed by atoms with Gasteiger partial charge in [0.1, 0.15) is 0 Å². The topological polar surface area (TPSA) is 9.23 Å². The van der Waals surface area contributed by atoms with E-state index in [0.717, 1.165) is 13.0 Å². The van der Waals surface area contributed by atoms with E-state index >= 15 is 0 Å². The van der Waals surface area contributed by atoms with E-state index in [1.165, 1.54) is 0 Å². The molecule has 0 bridgehead atoms. The van der Waals surface area contributed by atoms with Gasteiger partial charge < -0.3 is 12.2 Å². The number of rotatable bonds is 4. The predicted molar refractivity (Wildman–Crippen MR) is 54.9 cm³/mol. The summed E-state index contributed by atoms with van der Waals surface area (Å²) in [6.07, 6.45) is 2.97. The Labute approximate surface area is 103 Å². The van der Waals surface area contributed by atoms with E-state index in [4.69, 9.17) is 16.3 Å². The van der Waals surface area contributed by atoms with Crippen LogP contribution in [0.4, 0.5) is 0 Å². The molecule has 0 saturated carbocycles. The Balaban J connectivity index is -0.000000405. The van der Waals surface area contributed by atoms with E-state index in [2.05, 4.69) is 22.9 Å². The van der Waals surface area contributed by atoms with Crippen molar-refractivity contribution in [1.29, 1.82) is 0 Å². The summed E-state index contributed by atoms with van der Waals surface area (Å²) in [4.78, 5) is 0. The van der Waals surface area contributed by atoms with E-state index in [1.54, 1.807) is 7.11 Å². The van der Waals surface area contributed by atoms with Crippen molar-refractivity contribution >= 4 is 27.5 Å². The van der Waals surface area contributed by atoms with Gasteiger partial charge in [-0.15, -0.1) is 0 Å². The Bertz CT molecular complexity index is 116. The molecule has 4 heteroatoms. The molecule has 1 atom stereocenters. The van der Waals surface area contributed by atoms with Crippen LogP contribution in [-0.4, -0.2) is 13.7 Å². The molecule has 0 saturated heterocycles. The van der Waals surface area contributed by atoms with Crippen molar-refractivity contribution in [3.8, 4) is 0 Å². The minimum Gasteiger partial charge on any atom is -0.385 e. The largest absolute Gasteiger partial charge is 0.385 e. The van der Waals surface area contributed by atoms with Gasteiger partial charge in [-0.25, -0.2) is 0 Å². The van der Waals surface area contributed by atoms with Crippen molar-refractivity contribution < 1.29 is 25.2 Å². The first-order chi connectivity index (χ1) is 4.66. The monoisotopic (exact) mass is 347 g/mol. The second-order valence-corrected chi connectivity index (χ2v) is 3.93. The van der Waals surface area contributed by atoms with Gasteiger partial charge in [-0.05, 0) is 28.3 Å². The molecule has 0 fully saturated rings. The number of hydrogen-bond acceptors (Lipinski definition) is 1. The van der Waals surface area contributed by atoms with Gasteiger partial charge in [-0.2, -0.15) is 0 Å². The molecular formula is C8H15BrClOPd-. The Morgan fingerprint density at radius 3 is 2.50 bits per heavy atom. The summed E-state index contributed by atoms with van der Waals surface area (Å²) < 4.78 is 5.58. The molecule has 0 N–H and O–H groups in total. The van der Waals surface area contributed by atoms with Crippen LogP contribution in [0.3, 0.4) is 0 Å². The third-order valence-electron chi connectivity index (χ3n) is 1.19. The minimum atomic E-state index is 0. The van der Waals surface area contributed by atoms with E-state index in [0.29, 0.717) is 9.86 Å². The van der Waals surface area contributed by atoms with Crippen LogP contribution in [-0.2, 0) is 25.2 Å². The molecule has 78 valence electrons. The quantitative estimate of drug-likeness (QED) is 0.557. The summed E-state index contributed by atoms with van der Waals surface area (Å²) in [6, 6.07) is 0. The molecule has 0 rings (SSSR count). The van der Waals surface area contributed by atoms with E-state index in [-0.39, 0.29) is 27.8 Å². The Hall–Kier alpha value is 1.13. The Morgan fingerprint density at radius 2 is 2.17 bits per heavy atom. The summed E-state index contributed by atoms with van der Waals surface area (Å²) in [5.41, 5.74) is 0. The van der Waals surface area contributed by atoms with Gasteiger partial charge in [0.05, 0.1) is 3.94 Å². The van der Waals surface area contributed by atoms with Gasteiger partial charge in [0.2, 0.25) is 0 Å². The molecule has 0 aliphatic carbocycles. The van der Waals surface area contributed by atoms with Crippen molar-refractivity contribution in [3.63, 3.8) is 0 Å². The van der Waals surface area contributed by atoms with Crippen LogP contribution < -0.4 is 0 Å². The maximum atomic E-state index is 5.59. The molecule has 1 nitrogen and oxygen atoms in total.